The van der Waals surface area contributed by atoms with Crippen LogP contribution < -0.4 is 5.32 Å². The maximum absolute atomic E-state index is 11.9. The van der Waals surface area contributed by atoms with E-state index in [9.17, 15) is 4.79 Å². The maximum atomic E-state index is 11.9. The highest BCUT2D eigenvalue weighted by Gasteiger charge is 2.31. The average Bonchev–Trinajstić information content (AvgIpc) is 2.72. The van der Waals surface area contributed by atoms with Crippen LogP contribution >= 0.6 is 0 Å². The van der Waals surface area contributed by atoms with Gasteiger partial charge in [-0.15, -0.1) is 0 Å². The van der Waals surface area contributed by atoms with Crippen LogP contribution in [0.5, 0.6) is 0 Å². The second-order valence-electron chi connectivity index (χ2n) is 4.45. The van der Waals surface area contributed by atoms with E-state index in [-0.39, 0.29) is 5.91 Å². The molecule has 0 saturated heterocycles. The fourth-order valence-corrected chi connectivity index (χ4v) is 2.02. The molecule has 0 aliphatic rings. The molecule has 0 aliphatic heterocycles. The molecule has 0 atom stereocenters. The summed E-state index contributed by atoms with van der Waals surface area (Å²) in [7, 11) is 1.67. The first-order valence-electron chi connectivity index (χ1n) is 5.36. The second kappa shape index (κ2) is 3.67. The Hall–Kier alpha value is -1.77. The molecular weight excluding hydrogens is 200 g/mol. The van der Waals surface area contributed by atoms with Crippen LogP contribution in [-0.2, 0) is 10.2 Å². The topological polar surface area (TPSA) is 44.9 Å². The van der Waals surface area contributed by atoms with Gasteiger partial charge in [0.1, 0.15) is 0 Å². The lowest BCUT2D eigenvalue weighted by molar-refractivity contribution is -0.125. The van der Waals surface area contributed by atoms with Gasteiger partial charge < -0.3 is 10.3 Å². The Balaban J connectivity index is 2.59. The Bertz CT molecular complexity index is 525. The van der Waals surface area contributed by atoms with Gasteiger partial charge in [0, 0.05) is 24.1 Å². The van der Waals surface area contributed by atoms with Crippen LogP contribution in [0.1, 0.15) is 19.4 Å². The minimum absolute atomic E-state index is 0.0252. The number of benzene rings is 1. The number of carbonyl (C=O) groups is 1. The Morgan fingerprint density at radius 3 is 2.69 bits per heavy atom. The molecule has 1 aromatic carbocycles. The summed E-state index contributed by atoms with van der Waals surface area (Å²) in [4.78, 5) is 15.0. The molecule has 3 heteroatoms. The zero-order chi connectivity index (χ0) is 11.8. The fourth-order valence-electron chi connectivity index (χ4n) is 2.02. The van der Waals surface area contributed by atoms with E-state index in [1.165, 1.54) is 0 Å². The molecule has 0 unspecified atom stereocenters. The summed E-state index contributed by atoms with van der Waals surface area (Å²) in [5.74, 6) is 0.0252. The molecule has 0 spiro atoms. The van der Waals surface area contributed by atoms with Crippen LogP contribution in [0.25, 0.3) is 10.9 Å². The quantitative estimate of drug-likeness (QED) is 0.794. The molecule has 0 fully saturated rings. The third-order valence-electron chi connectivity index (χ3n) is 3.06. The van der Waals surface area contributed by atoms with E-state index in [0.717, 1.165) is 16.5 Å². The lowest BCUT2D eigenvalue weighted by Crippen LogP contribution is -2.37. The van der Waals surface area contributed by atoms with Crippen molar-refractivity contribution in [1.29, 1.82) is 0 Å². The number of nitrogens with one attached hydrogen (secondary N) is 2. The number of hydrogen-bond acceptors (Lipinski definition) is 1. The molecule has 1 heterocycles. The van der Waals surface area contributed by atoms with Crippen LogP contribution in [0, 0.1) is 0 Å². The molecule has 0 aliphatic carbocycles. The standard InChI is InChI=1S/C13H16N2O/c1-13(2,12(16)14-3)10-8-15-11-7-5-4-6-9(10)11/h4-8,15H,1-3H3,(H,14,16). The van der Waals surface area contributed by atoms with Crippen molar-refractivity contribution in [3.63, 3.8) is 0 Å². The average molecular weight is 216 g/mol. The molecule has 2 rings (SSSR count). The van der Waals surface area contributed by atoms with Gasteiger partial charge in [-0.1, -0.05) is 18.2 Å². The molecule has 3 nitrogen and oxygen atoms in total. The number of likely N-dealkylation sites (N-methyl/N-ethyl adjacent to an activating group) is 1. The number of H-pyrrole nitrogens is 1. The summed E-state index contributed by atoms with van der Waals surface area (Å²) < 4.78 is 0. The molecule has 84 valence electrons. The number of para-hydroxylation sites is 1. The first-order chi connectivity index (χ1) is 7.57. The fraction of sp³-hybridized carbons (Fsp3) is 0.308. The van der Waals surface area contributed by atoms with E-state index >= 15 is 0 Å². The molecule has 1 aromatic heterocycles. The summed E-state index contributed by atoms with van der Waals surface area (Å²) in [6.45, 7) is 3.86. The summed E-state index contributed by atoms with van der Waals surface area (Å²) in [6.07, 6.45) is 1.92. The molecular formula is C13H16N2O. The molecule has 16 heavy (non-hydrogen) atoms. The zero-order valence-corrected chi connectivity index (χ0v) is 9.79. The largest absolute Gasteiger partial charge is 0.361 e. The van der Waals surface area contributed by atoms with Crippen molar-refractivity contribution < 1.29 is 4.79 Å². The van der Waals surface area contributed by atoms with Gasteiger partial charge in [-0.25, -0.2) is 0 Å². The van der Waals surface area contributed by atoms with E-state index in [2.05, 4.69) is 10.3 Å². The van der Waals surface area contributed by atoms with Gasteiger partial charge in [-0.3, -0.25) is 4.79 Å². The Morgan fingerprint density at radius 1 is 1.31 bits per heavy atom. The van der Waals surface area contributed by atoms with Gasteiger partial charge in [0.05, 0.1) is 5.41 Å². The van der Waals surface area contributed by atoms with Crippen molar-refractivity contribution in [2.75, 3.05) is 7.05 Å². The van der Waals surface area contributed by atoms with Crippen molar-refractivity contribution in [2.45, 2.75) is 19.3 Å². The van der Waals surface area contributed by atoms with E-state index < -0.39 is 5.41 Å². The maximum Gasteiger partial charge on any atom is 0.229 e. The molecule has 2 N–H and O–H groups in total. The lowest BCUT2D eigenvalue weighted by Gasteiger charge is -2.22. The molecule has 2 aromatic rings. The number of carbonyl (C=O) groups excluding carboxylic acids is 1. The van der Waals surface area contributed by atoms with Crippen LogP contribution in [0.4, 0.5) is 0 Å². The monoisotopic (exact) mass is 216 g/mol. The van der Waals surface area contributed by atoms with E-state index in [4.69, 9.17) is 0 Å². The third-order valence-corrected chi connectivity index (χ3v) is 3.06. The van der Waals surface area contributed by atoms with Crippen molar-refractivity contribution >= 4 is 16.8 Å². The van der Waals surface area contributed by atoms with Crippen molar-refractivity contribution in [3.05, 3.63) is 36.0 Å². The molecule has 0 saturated carbocycles. The van der Waals surface area contributed by atoms with Crippen molar-refractivity contribution in [1.82, 2.24) is 10.3 Å². The Morgan fingerprint density at radius 2 is 2.00 bits per heavy atom. The summed E-state index contributed by atoms with van der Waals surface area (Å²) in [6, 6.07) is 8.01. The van der Waals surface area contributed by atoms with Crippen LogP contribution in [0.3, 0.4) is 0 Å². The van der Waals surface area contributed by atoms with Crippen molar-refractivity contribution in [3.8, 4) is 0 Å². The Kier molecular flexibility index (Phi) is 2.46. The molecule has 1 amide bonds. The predicted octanol–water partition coefficient (Wildman–Crippen LogP) is 2.19. The number of aromatic nitrogens is 1. The summed E-state index contributed by atoms with van der Waals surface area (Å²) in [5, 5.41) is 3.81. The highest BCUT2D eigenvalue weighted by atomic mass is 16.2. The van der Waals surface area contributed by atoms with Gasteiger partial charge in [0.15, 0.2) is 0 Å². The van der Waals surface area contributed by atoms with E-state index in [1.54, 1.807) is 7.05 Å². The molecule has 0 radical (unpaired) electrons. The van der Waals surface area contributed by atoms with E-state index in [0.29, 0.717) is 0 Å². The van der Waals surface area contributed by atoms with Crippen LogP contribution in [0.15, 0.2) is 30.5 Å². The lowest BCUT2D eigenvalue weighted by atomic mass is 9.83. The minimum Gasteiger partial charge on any atom is -0.361 e. The minimum atomic E-state index is -0.519. The summed E-state index contributed by atoms with van der Waals surface area (Å²) in [5.41, 5.74) is 1.57. The van der Waals surface area contributed by atoms with E-state index in [1.807, 2.05) is 44.3 Å². The second-order valence-corrected chi connectivity index (χ2v) is 4.45. The van der Waals surface area contributed by atoms with Gasteiger partial charge in [-0.2, -0.15) is 0 Å². The van der Waals surface area contributed by atoms with Crippen LogP contribution in [-0.4, -0.2) is 17.9 Å². The molecule has 0 bridgehead atoms. The van der Waals surface area contributed by atoms with Crippen molar-refractivity contribution in [2.24, 2.45) is 0 Å². The first-order valence-corrected chi connectivity index (χ1v) is 5.36. The normalized spacial score (nSPS) is 11.7. The third kappa shape index (κ3) is 1.48. The highest BCUT2D eigenvalue weighted by Crippen LogP contribution is 2.30. The zero-order valence-electron chi connectivity index (χ0n) is 9.79. The SMILES string of the molecule is CNC(=O)C(C)(C)c1c[nH]c2ccccc12. The first kappa shape index (κ1) is 10.7. The smallest absolute Gasteiger partial charge is 0.229 e. The number of rotatable bonds is 2. The highest BCUT2D eigenvalue weighted by molar-refractivity contribution is 5.94. The van der Waals surface area contributed by atoms with Crippen LogP contribution in [0.2, 0.25) is 0 Å². The van der Waals surface area contributed by atoms with Gasteiger partial charge in [0.2, 0.25) is 5.91 Å². The van der Waals surface area contributed by atoms with Gasteiger partial charge >= 0.3 is 0 Å². The van der Waals surface area contributed by atoms with Gasteiger partial charge in [0.25, 0.3) is 0 Å². The summed E-state index contributed by atoms with van der Waals surface area (Å²) >= 11 is 0. The number of amides is 1. The Labute approximate surface area is 94.9 Å². The number of aromatic amines is 1. The number of fused-ring (bicyclic) bond motifs is 1. The number of hydrogen-bond donors (Lipinski definition) is 2. The predicted molar refractivity (Wildman–Crippen MR) is 65.4 cm³/mol. The van der Waals surface area contributed by atoms with Gasteiger partial charge in [-0.05, 0) is 25.5 Å².